The molecular weight excluding hydrogens is 270 g/mol. The van der Waals surface area contributed by atoms with Gasteiger partial charge in [0.05, 0.1) is 0 Å². The second-order valence-corrected chi connectivity index (χ2v) is 6.42. The molecule has 0 spiro atoms. The number of carboxylic acid groups (broad SMARTS) is 1. The van der Waals surface area contributed by atoms with E-state index < -0.39 is 5.97 Å². The van der Waals surface area contributed by atoms with Crippen molar-refractivity contribution in [2.45, 2.75) is 25.7 Å². The lowest BCUT2D eigenvalue weighted by Crippen LogP contribution is -2.31. The molecule has 2 aromatic rings. The van der Waals surface area contributed by atoms with Crippen LogP contribution in [0.15, 0.2) is 24.3 Å². The molecule has 0 saturated carbocycles. The van der Waals surface area contributed by atoms with Crippen LogP contribution in [-0.4, -0.2) is 35.6 Å². The lowest BCUT2D eigenvalue weighted by molar-refractivity contribution is 0.0701. The second-order valence-electron chi connectivity index (χ2n) is 5.36. The molecule has 0 unspecified atom stereocenters. The summed E-state index contributed by atoms with van der Waals surface area (Å²) in [6.45, 7) is 3.29. The van der Waals surface area contributed by atoms with E-state index >= 15 is 0 Å². The van der Waals surface area contributed by atoms with Gasteiger partial charge in [0.1, 0.15) is 4.88 Å². The first-order chi connectivity index (χ1) is 9.75. The average Bonchev–Trinajstić information content (AvgIpc) is 2.85. The Kier molecular flexibility index (Phi) is 4.03. The topological polar surface area (TPSA) is 40.5 Å². The number of piperidine rings is 1. The van der Waals surface area contributed by atoms with Crippen molar-refractivity contribution in [2.24, 2.45) is 0 Å². The van der Waals surface area contributed by atoms with Crippen LogP contribution >= 0.6 is 11.3 Å². The molecule has 4 heteroatoms. The molecule has 1 aliphatic rings. The molecule has 3 nitrogen and oxygen atoms in total. The molecule has 1 fully saturated rings. The van der Waals surface area contributed by atoms with Crippen molar-refractivity contribution in [3.05, 3.63) is 34.7 Å². The van der Waals surface area contributed by atoms with E-state index in [0.717, 1.165) is 41.7 Å². The van der Waals surface area contributed by atoms with E-state index in [-0.39, 0.29) is 0 Å². The summed E-state index contributed by atoms with van der Waals surface area (Å²) in [4.78, 5) is 14.4. The molecule has 3 rings (SSSR count). The summed E-state index contributed by atoms with van der Waals surface area (Å²) in [5.41, 5.74) is 1.02. The molecule has 0 radical (unpaired) electrons. The Bertz CT molecular complexity index is 614. The second kappa shape index (κ2) is 5.94. The van der Waals surface area contributed by atoms with Crippen molar-refractivity contribution in [1.82, 2.24) is 4.90 Å². The first kappa shape index (κ1) is 13.6. The molecule has 1 N–H and O–H groups in total. The molecule has 1 aromatic heterocycles. The lowest BCUT2D eigenvalue weighted by Gasteiger charge is -2.26. The van der Waals surface area contributed by atoms with Gasteiger partial charge in [0.15, 0.2) is 0 Å². The Labute approximate surface area is 122 Å². The minimum atomic E-state index is -0.792. The predicted molar refractivity (Wildman–Crippen MR) is 82.8 cm³/mol. The third-order valence-corrected chi connectivity index (χ3v) is 5.22. The average molecular weight is 289 g/mol. The number of thiophene rings is 1. The van der Waals surface area contributed by atoms with Gasteiger partial charge in [0, 0.05) is 11.2 Å². The van der Waals surface area contributed by atoms with E-state index in [1.807, 2.05) is 24.3 Å². The summed E-state index contributed by atoms with van der Waals surface area (Å²) in [7, 11) is 0. The van der Waals surface area contributed by atoms with Crippen molar-refractivity contribution in [1.29, 1.82) is 0 Å². The normalized spacial score (nSPS) is 16.6. The third kappa shape index (κ3) is 2.72. The number of hydrogen-bond donors (Lipinski definition) is 1. The summed E-state index contributed by atoms with van der Waals surface area (Å²) in [5.74, 6) is -0.792. The SMILES string of the molecule is O=C(O)c1sc2ccccc2c1CCN1CCCCC1. The Balaban J connectivity index is 1.84. The number of fused-ring (bicyclic) bond motifs is 1. The van der Waals surface area contributed by atoms with Crippen molar-refractivity contribution in [2.75, 3.05) is 19.6 Å². The van der Waals surface area contributed by atoms with Crippen LogP contribution in [0.1, 0.15) is 34.5 Å². The number of nitrogens with zero attached hydrogens (tertiary/aromatic N) is 1. The Morgan fingerprint density at radius 3 is 2.70 bits per heavy atom. The molecule has 106 valence electrons. The van der Waals surface area contributed by atoms with Gasteiger partial charge in [-0.2, -0.15) is 0 Å². The van der Waals surface area contributed by atoms with Gasteiger partial charge in [0.25, 0.3) is 0 Å². The van der Waals surface area contributed by atoms with E-state index in [1.54, 1.807) is 0 Å². The van der Waals surface area contributed by atoms with Crippen LogP contribution in [-0.2, 0) is 6.42 Å². The number of benzene rings is 1. The van der Waals surface area contributed by atoms with Gasteiger partial charge in [-0.05, 0) is 49.4 Å². The van der Waals surface area contributed by atoms with Crippen LogP contribution in [0.2, 0.25) is 0 Å². The molecule has 0 aliphatic carbocycles. The highest BCUT2D eigenvalue weighted by Gasteiger charge is 2.18. The first-order valence-electron chi connectivity index (χ1n) is 7.22. The van der Waals surface area contributed by atoms with Gasteiger partial charge in [-0.1, -0.05) is 24.6 Å². The van der Waals surface area contributed by atoms with E-state index in [1.165, 1.54) is 30.6 Å². The summed E-state index contributed by atoms with van der Waals surface area (Å²) >= 11 is 1.40. The van der Waals surface area contributed by atoms with E-state index in [4.69, 9.17) is 0 Å². The molecule has 1 aliphatic heterocycles. The van der Waals surface area contributed by atoms with Crippen LogP contribution in [0.3, 0.4) is 0 Å². The minimum absolute atomic E-state index is 0.517. The van der Waals surface area contributed by atoms with Gasteiger partial charge in [0.2, 0.25) is 0 Å². The minimum Gasteiger partial charge on any atom is -0.477 e. The van der Waals surface area contributed by atoms with Crippen molar-refractivity contribution in [3.8, 4) is 0 Å². The number of likely N-dealkylation sites (tertiary alicyclic amines) is 1. The fraction of sp³-hybridized carbons (Fsp3) is 0.438. The van der Waals surface area contributed by atoms with Crippen LogP contribution in [0, 0.1) is 0 Å². The van der Waals surface area contributed by atoms with E-state index in [0.29, 0.717) is 4.88 Å². The molecule has 2 heterocycles. The summed E-state index contributed by atoms with van der Waals surface area (Å²) in [5, 5.41) is 10.5. The number of rotatable bonds is 4. The monoisotopic (exact) mass is 289 g/mol. The maximum atomic E-state index is 11.4. The standard InChI is InChI=1S/C16H19NO2S/c18-16(19)15-13(8-11-17-9-4-1-5-10-17)12-6-2-3-7-14(12)20-15/h2-3,6-7H,1,4-5,8-11H2,(H,18,19). The zero-order valence-electron chi connectivity index (χ0n) is 11.5. The maximum Gasteiger partial charge on any atom is 0.346 e. The van der Waals surface area contributed by atoms with Crippen LogP contribution < -0.4 is 0 Å². The fourth-order valence-corrected chi connectivity index (χ4v) is 4.06. The van der Waals surface area contributed by atoms with Crippen molar-refractivity contribution < 1.29 is 9.90 Å². The Morgan fingerprint density at radius 2 is 1.95 bits per heavy atom. The Morgan fingerprint density at radius 1 is 1.20 bits per heavy atom. The zero-order valence-corrected chi connectivity index (χ0v) is 12.3. The number of carbonyl (C=O) groups is 1. The van der Waals surface area contributed by atoms with Crippen LogP contribution in [0.4, 0.5) is 0 Å². The zero-order chi connectivity index (χ0) is 13.9. The molecule has 1 aromatic carbocycles. The van der Waals surface area contributed by atoms with Gasteiger partial charge in [-0.3, -0.25) is 0 Å². The highest BCUT2D eigenvalue weighted by Crippen LogP contribution is 2.31. The van der Waals surface area contributed by atoms with E-state index in [2.05, 4.69) is 4.90 Å². The summed E-state index contributed by atoms with van der Waals surface area (Å²) in [6, 6.07) is 8.02. The number of hydrogen-bond acceptors (Lipinski definition) is 3. The van der Waals surface area contributed by atoms with Gasteiger partial charge >= 0.3 is 5.97 Å². The van der Waals surface area contributed by atoms with Crippen molar-refractivity contribution in [3.63, 3.8) is 0 Å². The van der Waals surface area contributed by atoms with Gasteiger partial charge in [-0.25, -0.2) is 4.79 Å². The number of carboxylic acids is 1. The maximum absolute atomic E-state index is 11.4. The van der Waals surface area contributed by atoms with Gasteiger partial charge < -0.3 is 10.0 Å². The molecule has 20 heavy (non-hydrogen) atoms. The van der Waals surface area contributed by atoms with Gasteiger partial charge in [-0.15, -0.1) is 11.3 Å². The summed E-state index contributed by atoms with van der Waals surface area (Å²) in [6.07, 6.45) is 4.72. The third-order valence-electron chi connectivity index (χ3n) is 4.02. The number of aromatic carboxylic acids is 1. The molecular formula is C16H19NO2S. The quantitative estimate of drug-likeness (QED) is 0.934. The molecule has 0 bridgehead atoms. The van der Waals surface area contributed by atoms with Crippen molar-refractivity contribution >= 4 is 27.4 Å². The fourth-order valence-electron chi connectivity index (χ4n) is 2.97. The van der Waals surface area contributed by atoms with E-state index in [9.17, 15) is 9.90 Å². The van der Waals surface area contributed by atoms with Crippen LogP contribution in [0.25, 0.3) is 10.1 Å². The van der Waals surface area contributed by atoms with Crippen LogP contribution in [0.5, 0.6) is 0 Å². The molecule has 0 amide bonds. The smallest absolute Gasteiger partial charge is 0.346 e. The predicted octanol–water partition coefficient (Wildman–Crippen LogP) is 3.63. The molecule has 0 atom stereocenters. The Hall–Kier alpha value is -1.39. The summed E-state index contributed by atoms with van der Waals surface area (Å²) < 4.78 is 1.08. The highest BCUT2D eigenvalue weighted by atomic mass is 32.1. The highest BCUT2D eigenvalue weighted by molar-refractivity contribution is 7.21. The first-order valence-corrected chi connectivity index (χ1v) is 8.03. The lowest BCUT2D eigenvalue weighted by atomic mass is 10.1. The largest absolute Gasteiger partial charge is 0.477 e. The molecule has 1 saturated heterocycles.